The summed E-state index contributed by atoms with van der Waals surface area (Å²) in [6.45, 7) is 0.410. The molecule has 1 aromatic carbocycles. The Morgan fingerprint density at radius 1 is 1.25 bits per heavy atom. The van der Waals surface area contributed by atoms with Gasteiger partial charge in [0.15, 0.2) is 6.61 Å². The van der Waals surface area contributed by atoms with E-state index in [0.29, 0.717) is 22.6 Å². The third-order valence-electron chi connectivity index (χ3n) is 2.50. The van der Waals surface area contributed by atoms with Gasteiger partial charge in [-0.3, -0.25) is 0 Å². The third kappa shape index (κ3) is 3.58. The van der Waals surface area contributed by atoms with Crippen molar-refractivity contribution < 1.29 is 22.3 Å². The molecule has 0 N–H and O–H groups in total. The van der Waals surface area contributed by atoms with Crippen LogP contribution < -0.4 is 4.74 Å². The number of halogens is 3. The highest BCUT2D eigenvalue weighted by molar-refractivity contribution is 5.63. The molecule has 1 heterocycles. The maximum absolute atomic E-state index is 12.2. The Bertz CT molecular complexity index is 648. The second-order valence-electron chi connectivity index (χ2n) is 4.20. The number of benzene rings is 1. The minimum Gasteiger partial charge on any atom is -0.484 e. The van der Waals surface area contributed by atoms with Gasteiger partial charge in [-0.2, -0.15) is 13.2 Å². The summed E-state index contributed by atoms with van der Waals surface area (Å²) in [4.78, 5) is 0. The van der Waals surface area contributed by atoms with E-state index in [1.165, 1.54) is 12.1 Å². The van der Waals surface area contributed by atoms with Gasteiger partial charge >= 0.3 is 6.18 Å². The van der Waals surface area contributed by atoms with Gasteiger partial charge in [-0.15, -0.1) is 6.42 Å². The van der Waals surface area contributed by atoms with Crippen LogP contribution in [0.25, 0.3) is 11.3 Å². The van der Waals surface area contributed by atoms with Crippen LogP contribution in [-0.2, 0) is 0 Å². The van der Waals surface area contributed by atoms with Gasteiger partial charge in [0, 0.05) is 11.1 Å². The Labute approximate surface area is 114 Å². The molecule has 1 aromatic heterocycles. The zero-order valence-corrected chi connectivity index (χ0v) is 10.6. The number of hydrogen-bond donors (Lipinski definition) is 0. The van der Waals surface area contributed by atoms with Crippen LogP contribution >= 0.6 is 0 Å². The van der Waals surface area contributed by atoms with Crippen molar-refractivity contribution in [3.05, 3.63) is 41.7 Å². The van der Waals surface area contributed by atoms with E-state index >= 15 is 0 Å². The standard InChI is InChI=1S/C15H11F3O2/c1-3-11-6-12(14-5-4-10(2)20-14)8-13(7-11)19-9-15(16,17)18/h1,4-8H,9H2,2H3. The lowest BCUT2D eigenvalue weighted by Gasteiger charge is -2.10. The van der Waals surface area contributed by atoms with Crippen LogP contribution in [0.3, 0.4) is 0 Å². The molecule has 2 rings (SSSR count). The minimum absolute atomic E-state index is 0.0572. The molecule has 0 aliphatic carbocycles. The van der Waals surface area contributed by atoms with E-state index in [0.717, 1.165) is 0 Å². The van der Waals surface area contributed by atoms with Gasteiger partial charge < -0.3 is 9.15 Å². The number of aryl methyl sites for hydroxylation is 1. The lowest BCUT2D eigenvalue weighted by Crippen LogP contribution is -2.19. The molecule has 0 unspecified atom stereocenters. The molecule has 0 spiro atoms. The monoisotopic (exact) mass is 280 g/mol. The van der Waals surface area contributed by atoms with Gasteiger partial charge in [0.05, 0.1) is 0 Å². The van der Waals surface area contributed by atoms with E-state index in [1.54, 1.807) is 25.1 Å². The number of alkyl halides is 3. The first kappa shape index (κ1) is 14.1. The second kappa shape index (κ2) is 5.33. The Hall–Kier alpha value is -2.35. The van der Waals surface area contributed by atoms with Gasteiger partial charge in [-0.25, -0.2) is 0 Å². The van der Waals surface area contributed by atoms with Crippen molar-refractivity contribution in [1.82, 2.24) is 0 Å². The lowest BCUT2D eigenvalue weighted by molar-refractivity contribution is -0.153. The Balaban J connectivity index is 2.32. The molecule has 0 aliphatic rings. The Kier molecular flexibility index (Phi) is 3.75. The topological polar surface area (TPSA) is 22.4 Å². The molecule has 0 saturated heterocycles. The predicted molar refractivity (Wildman–Crippen MR) is 68.4 cm³/mol. The highest BCUT2D eigenvalue weighted by Crippen LogP contribution is 2.28. The van der Waals surface area contributed by atoms with Gasteiger partial charge in [-0.1, -0.05) is 5.92 Å². The molecule has 104 valence electrons. The molecule has 2 nitrogen and oxygen atoms in total. The first-order valence-electron chi connectivity index (χ1n) is 5.75. The van der Waals surface area contributed by atoms with Crippen LogP contribution in [0.2, 0.25) is 0 Å². The first-order chi connectivity index (χ1) is 9.37. The van der Waals surface area contributed by atoms with E-state index in [9.17, 15) is 13.2 Å². The quantitative estimate of drug-likeness (QED) is 0.787. The van der Waals surface area contributed by atoms with E-state index in [4.69, 9.17) is 15.6 Å². The molecule has 0 saturated carbocycles. The zero-order valence-electron chi connectivity index (χ0n) is 10.6. The largest absolute Gasteiger partial charge is 0.484 e. The fourth-order valence-corrected chi connectivity index (χ4v) is 1.66. The fourth-order valence-electron chi connectivity index (χ4n) is 1.66. The Morgan fingerprint density at radius 2 is 2.00 bits per heavy atom. The molecule has 0 amide bonds. The predicted octanol–water partition coefficient (Wildman–Crippen LogP) is 4.18. The molecule has 0 radical (unpaired) electrons. The molecule has 20 heavy (non-hydrogen) atoms. The van der Waals surface area contributed by atoms with E-state index < -0.39 is 12.8 Å². The van der Waals surface area contributed by atoms with Crippen molar-refractivity contribution in [1.29, 1.82) is 0 Å². The summed E-state index contributed by atoms with van der Waals surface area (Å²) in [5.74, 6) is 3.66. The summed E-state index contributed by atoms with van der Waals surface area (Å²) in [6.07, 6.45) is 0.899. The molecular weight excluding hydrogens is 269 g/mol. The Morgan fingerprint density at radius 3 is 2.55 bits per heavy atom. The van der Waals surface area contributed by atoms with Crippen LogP contribution in [0.4, 0.5) is 13.2 Å². The molecule has 2 aromatic rings. The summed E-state index contributed by atoms with van der Waals surface area (Å²) in [5.41, 5.74) is 0.999. The average Bonchev–Trinajstić information content (AvgIpc) is 2.82. The summed E-state index contributed by atoms with van der Waals surface area (Å²) in [5, 5.41) is 0. The van der Waals surface area contributed by atoms with E-state index in [-0.39, 0.29) is 5.75 Å². The lowest BCUT2D eigenvalue weighted by atomic mass is 10.1. The highest BCUT2D eigenvalue weighted by Gasteiger charge is 2.28. The van der Waals surface area contributed by atoms with Crippen molar-refractivity contribution in [2.45, 2.75) is 13.1 Å². The molecule has 0 aliphatic heterocycles. The number of hydrogen-bond acceptors (Lipinski definition) is 2. The smallest absolute Gasteiger partial charge is 0.422 e. The number of ether oxygens (including phenoxy) is 1. The van der Waals surface area contributed by atoms with Crippen molar-refractivity contribution >= 4 is 0 Å². The number of terminal acetylenes is 1. The van der Waals surface area contributed by atoms with E-state index in [1.807, 2.05) is 0 Å². The van der Waals surface area contributed by atoms with Crippen LogP contribution in [0.5, 0.6) is 5.75 Å². The normalized spacial score (nSPS) is 11.2. The molecule has 0 fully saturated rings. The summed E-state index contributed by atoms with van der Waals surface area (Å²) in [6, 6.07) is 7.97. The SMILES string of the molecule is C#Cc1cc(OCC(F)(F)F)cc(-c2ccc(C)o2)c1. The third-order valence-corrected chi connectivity index (χ3v) is 2.50. The minimum atomic E-state index is -4.40. The average molecular weight is 280 g/mol. The van der Waals surface area contributed by atoms with E-state index in [2.05, 4.69) is 5.92 Å². The zero-order chi connectivity index (χ0) is 14.8. The number of rotatable bonds is 3. The summed E-state index contributed by atoms with van der Waals surface area (Å²) in [7, 11) is 0. The van der Waals surface area contributed by atoms with Gasteiger partial charge in [0.25, 0.3) is 0 Å². The van der Waals surface area contributed by atoms with Crippen molar-refractivity contribution in [2.75, 3.05) is 6.61 Å². The molecule has 0 atom stereocenters. The van der Waals surface area contributed by atoms with Crippen LogP contribution in [0.15, 0.2) is 34.7 Å². The number of furan rings is 1. The van der Waals surface area contributed by atoms with Crippen molar-refractivity contribution in [3.63, 3.8) is 0 Å². The van der Waals surface area contributed by atoms with Crippen LogP contribution in [-0.4, -0.2) is 12.8 Å². The van der Waals surface area contributed by atoms with Gasteiger partial charge in [-0.05, 0) is 37.3 Å². The summed E-state index contributed by atoms with van der Waals surface area (Å²) < 4.78 is 46.6. The molecule has 0 bridgehead atoms. The maximum Gasteiger partial charge on any atom is 0.422 e. The fraction of sp³-hybridized carbons (Fsp3) is 0.200. The van der Waals surface area contributed by atoms with Crippen molar-refractivity contribution in [2.24, 2.45) is 0 Å². The summed E-state index contributed by atoms with van der Waals surface area (Å²) >= 11 is 0. The molecular formula is C15H11F3O2. The van der Waals surface area contributed by atoms with Crippen LogP contribution in [0, 0.1) is 19.3 Å². The van der Waals surface area contributed by atoms with Gasteiger partial charge in [0.1, 0.15) is 17.3 Å². The van der Waals surface area contributed by atoms with Crippen LogP contribution in [0.1, 0.15) is 11.3 Å². The first-order valence-corrected chi connectivity index (χ1v) is 5.75. The maximum atomic E-state index is 12.2. The van der Waals surface area contributed by atoms with Crippen molar-refractivity contribution in [3.8, 4) is 29.4 Å². The second-order valence-corrected chi connectivity index (χ2v) is 4.20. The highest BCUT2D eigenvalue weighted by atomic mass is 19.4. The van der Waals surface area contributed by atoms with Gasteiger partial charge in [0.2, 0.25) is 0 Å². The molecule has 5 heteroatoms.